The van der Waals surface area contributed by atoms with Crippen LogP contribution in [0.15, 0.2) is 24.3 Å². The average molecular weight is 331 g/mol. The molecule has 0 bridgehead atoms. The van der Waals surface area contributed by atoms with Crippen LogP contribution in [0.2, 0.25) is 0 Å². The van der Waals surface area contributed by atoms with Crippen molar-refractivity contribution < 1.29 is 14.2 Å². The topological polar surface area (TPSA) is 39.7 Å². The van der Waals surface area contributed by atoms with Crippen molar-refractivity contribution in [3.8, 4) is 5.75 Å². The van der Waals surface area contributed by atoms with Gasteiger partial charge in [0, 0.05) is 37.2 Å². The molecule has 4 rings (SSSR count). The smallest absolute Gasteiger partial charge is 0.124 e. The molecule has 1 saturated carbocycles. The molecule has 3 aliphatic rings. The van der Waals surface area contributed by atoms with Crippen LogP contribution < -0.4 is 10.1 Å². The second kappa shape index (κ2) is 7.42. The zero-order valence-corrected chi connectivity index (χ0v) is 14.5. The van der Waals surface area contributed by atoms with Gasteiger partial charge in [0.25, 0.3) is 0 Å². The first-order valence-corrected chi connectivity index (χ1v) is 9.51. The zero-order valence-electron chi connectivity index (χ0n) is 14.5. The Morgan fingerprint density at radius 1 is 1.25 bits per heavy atom. The fourth-order valence-corrected chi connectivity index (χ4v) is 4.09. The van der Waals surface area contributed by atoms with Crippen LogP contribution in [0.3, 0.4) is 0 Å². The molecule has 0 radical (unpaired) electrons. The molecule has 4 nitrogen and oxygen atoms in total. The van der Waals surface area contributed by atoms with E-state index in [-0.39, 0.29) is 5.60 Å². The lowest BCUT2D eigenvalue weighted by Crippen LogP contribution is -2.49. The van der Waals surface area contributed by atoms with E-state index in [2.05, 4.69) is 29.6 Å². The molecule has 2 heterocycles. The van der Waals surface area contributed by atoms with Gasteiger partial charge in [0.05, 0.1) is 13.2 Å². The van der Waals surface area contributed by atoms with E-state index in [4.69, 9.17) is 14.2 Å². The van der Waals surface area contributed by atoms with Gasteiger partial charge in [-0.2, -0.15) is 0 Å². The molecule has 1 spiro atoms. The maximum Gasteiger partial charge on any atom is 0.124 e. The Kier molecular flexibility index (Phi) is 5.06. The van der Waals surface area contributed by atoms with Gasteiger partial charge in [-0.15, -0.1) is 0 Å². The standard InChI is InChI=1S/C20H29NO3/c1-2-6-19-17(5-1)18(13-20(24-19)8-3-9-20)21-10-4-11-22-14-16-7-12-23-15-16/h1-2,5-6,16,18,21H,3-4,7-15H2/t16-,18+/m0/s1. The summed E-state index contributed by atoms with van der Waals surface area (Å²) in [4.78, 5) is 0. The van der Waals surface area contributed by atoms with E-state index in [0.29, 0.717) is 12.0 Å². The number of para-hydroxylation sites is 1. The number of nitrogens with one attached hydrogen (secondary N) is 1. The molecule has 1 aromatic rings. The summed E-state index contributed by atoms with van der Waals surface area (Å²) in [5.41, 5.74) is 1.42. The molecular formula is C20H29NO3. The predicted octanol–water partition coefficient (Wildman–Crippen LogP) is 3.47. The van der Waals surface area contributed by atoms with Crippen LogP contribution in [0.1, 0.15) is 50.1 Å². The third-order valence-electron chi connectivity index (χ3n) is 5.70. The molecule has 0 aromatic heterocycles. The highest BCUT2D eigenvalue weighted by atomic mass is 16.5. The number of fused-ring (bicyclic) bond motifs is 1. The van der Waals surface area contributed by atoms with Gasteiger partial charge >= 0.3 is 0 Å². The third kappa shape index (κ3) is 3.61. The first kappa shape index (κ1) is 16.4. The zero-order chi connectivity index (χ0) is 16.2. The lowest BCUT2D eigenvalue weighted by molar-refractivity contribution is -0.0370. The number of benzene rings is 1. The SMILES string of the molecule is c1ccc2c(c1)OC1(CCC1)C[C@H]2NCCCOC[C@@H]1CCOC1. The molecular weight excluding hydrogens is 302 g/mol. The minimum atomic E-state index is 0.102. The fourth-order valence-electron chi connectivity index (χ4n) is 4.09. The van der Waals surface area contributed by atoms with E-state index in [1.165, 1.54) is 24.8 Å². The average Bonchev–Trinajstić information content (AvgIpc) is 3.09. The second-order valence-corrected chi connectivity index (χ2v) is 7.55. The van der Waals surface area contributed by atoms with Crippen LogP contribution in [0.5, 0.6) is 5.75 Å². The van der Waals surface area contributed by atoms with E-state index in [0.717, 1.165) is 58.0 Å². The molecule has 1 aromatic carbocycles. The van der Waals surface area contributed by atoms with Gasteiger partial charge in [0.1, 0.15) is 11.4 Å². The number of hydrogen-bond acceptors (Lipinski definition) is 4. The van der Waals surface area contributed by atoms with Crippen LogP contribution in [0, 0.1) is 5.92 Å². The van der Waals surface area contributed by atoms with Gasteiger partial charge in [-0.25, -0.2) is 0 Å². The molecule has 2 atom stereocenters. The predicted molar refractivity (Wildman–Crippen MR) is 93.4 cm³/mol. The van der Waals surface area contributed by atoms with Crippen molar-refractivity contribution in [2.45, 2.75) is 50.2 Å². The van der Waals surface area contributed by atoms with Gasteiger partial charge in [0.15, 0.2) is 0 Å². The van der Waals surface area contributed by atoms with Gasteiger partial charge in [-0.3, -0.25) is 0 Å². The quantitative estimate of drug-likeness (QED) is 0.777. The lowest BCUT2D eigenvalue weighted by Gasteiger charge is -2.48. The van der Waals surface area contributed by atoms with Crippen LogP contribution in [-0.2, 0) is 9.47 Å². The monoisotopic (exact) mass is 331 g/mol. The second-order valence-electron chi connectivity index (χ2n) is 7.55. The summed E-state index contributed by atoms with van der Waals surface area (Å²) in [6.45, 7) is 4.46. The Morgan fingerprint density at radius 3 is 2.96 bits per heavy atom. The van der Waals surface area contributed by atoms with Crippen LogP contribution in [0.25, 0.3) is 0 Å². The van der Waals surface area contributed by atoms with Crippen molar-refractivity contribution in [2.75, 3.05) is 33.0 Å². The molecule has 1 aliphatic carbocycles. The summed E-state index contributed by atoms with van der Waals surface area (Å²) in [7, 11) is 0. The Hall–Kier alpha value is -1.10. The van der Waals surface area contributed by atoms with E-state index in [1.54, 1.807) is 0 Å². The summed E-state index contributed by atoms with van der Waals surface area (Å²) < 4.78 is 17.5. The van der Waals surface area contributed by atoms with Gasteiger partial charge in [-0.05, 0) is 44.7 Å². The van der Waals surface area contributed by atoms with Crippen LogP contribution in [-0.4, -0.2) is 38.6 Å². The van der Waals surface area contributed by atoms with Crippen molar-refractivity contribution in [1.29, 1.82) is 0 Å². The highest BCUT2D eigenvalue weighted by molar-refractivity contribution is 5.39. The summed E-state index contributed by atoms with van der Waals surface area (Å²) >= 11 is 0. The highest BCUT2D eigenvalue weighted by Gasteiger charge is 2.45. The molecule has 0 amide bonds. The minimum Gasteiger partial charge on any atom is -0.487 e. The molecule has 1 saturated heterocycles. The molecule has 2 fully saturated rings. The van der Waals surface area contributed by atoms with Crippen LogP contribution >= 0.6 is 0 Å². The largest absolute Gasteiger partial charge is 0.487 e. The van der Waals surface area contributed by atoms with Crippen molar-refractivity contribution >= 4 is 0 Å². The van der Waals surface area contributed by atoms with Gasteiger partial charge < -0.3 is 19.5 Å². The lowest BCUT2D eigenvalue weighted by atomic mass is 9.73. The van der Waals surface area contributed by atoms with Gasteiger partial charge in [-0.1, -0.05) is 18.2 Å². The van der Waals surface area contributed by atoms with Crippen molar-refractivity contribution in [3.05, 3.63) is 29.8 Å². The summed E-state index contributed by atoms with van der Waals surface area (Å²) in [5, 5.41) is 3.74. The summed E-state index contributed by atoms with van der Waals surface area (Å²) in [6, 6.07) is 8.93. The first-order chi connectivity index (χ1) is 11.8. The Bertz CT molecular complexity index is 537. The molecule has 132 valence electrons. The fraction of sp³-hybridized carbons (Fsp3) is 0.700. The van der Waals surface area contributed by atoms with E-state index in [1.807, 2.05) is 0 Å². The van der Waals surface area contributed by atoms with Crippen molar-refractivity contribution in [2.24, 2.45) is 5.92 Å². The Morgan fingerprint density at radius 2 is 2.17 bits per heavy atom. The van der Waals surface area contributed by atoms with E-state index >= 15 is 0 Å². The molecule has 24 heavy (non-hydrogen) atoms. The third-order valence-corrected chi connectivity index (χ3v) is 5.70. The molecule has 0 unspecified atom stereocenters. The van der Waals surface area contributed by atoms with E-state index in [9.17, 15) is 0 Å². The van der Waals surface area contributed by atoms with Crippen LogP contribution in [0.4, 0.5) is 0 Å². The molecule has 4 heteroatoms. The van der Waals surface area contributed by atoms with Crippen molar-refractivity contribution in [3.63, 3.8) is 0 Å². The van der Waals surface area contributed by atoms with Crippen molar-refractivity contribution in [1.82, 2.24) is 5.32 Å². The number of hydrogen-bond donors (Lipinski definition) is 1. The first-order valence-electron chi connectivity index (χ1n) is 9.51. The van der Waals surface area contributed by atoms with E-state index < -0.39 is 0 Å². The maximum absolute atomic E-state index is 6.31. The molecule has 2 aliphatic heterocycles. The summed E-state index contributed by atoms with van der Waals surface area (Å²) in [5.74, 6) is 1.69. The Balaban J connectivity index is 1.23. The number of rotatable bonds is 7. The Labute approximate surface area is 144 Å². The minimum absolute atomic E-state index is 0.102. The molecule has 1 N–H and O–H groups in total. The van der Waals surface area contributed by atoms with Gasteiger partial charge in [0.2, 0.25) is 0 Å². The summed E-state index contributed by atoms with van der Waals surface area (Å²) in [6.07, 6.45) is 7.01. The number of ether oxygens (including phenoxy) is 3. The maximum atomic E-state index is 6.31. The highest BCUT2D eigenvalue weighted by Crippen LogP contribution is 2.48. The normalized spacial score (nSPS) is 27.5.